The van der Waals surface area contributed by atoms with Crippen molar-refractivity contribution < 1.29 is 0 Å². The largest absolute Gasteiger partial charge is 0.370 e. The van der Waals surface area contributed by atoms with E-state index in [1.807, 2.05) is 6.20 Å². The van der Waals surface area contributed by atoms with Gasteiger partial charge in [0.2, 0.25) is 0 Å². The summed E-state index contributed by atoms with van der Waals surface area (Å²) in [6.45, 7) is 10.9. The molecule has 6 heteroatoms. The molecular formula is C12H23IN4S. The van der Waals surface area contributed by atoms with Gasteiger partial charge >= 0.3 is 0 Å². The summed E-state index contributed by atoms with van der Waals surface area (Å²) in [7, 11) is 0. The second-order valence-corrected chi connectivity index (χ2v) is 5.35. The highest BCUT2D eigenvalue weighted by molar-refractivity contribution is 14.0. The first-order valence-corrected chi connectivity index (χ1v) is 6.87. The minimum atomic E-state index is 0. The molecule has 104 valence electrons. The molecule has 0 amide bonds. The van der Waals surface area contributed by atoms with Crippen LogP contribution in [-0.4, -0.2) is 35.5 Å². The molecule has 0 bridgehead atoms. The summed E-state index contributed by atoms with van der Waals surface area (Å²) >= 11 is 1.73. The first kappa shape index (κ1) is 17.6. The Balaban J connectivity index is 0.00000289. The van der Waals surface area contributed by atoms with Crippen LogP contribution in [0.3, 0.4) is 0 Å². The second kappa shape index (κ2) is 8.68. The third kappa shape index (κ3) is 5.09. The molecule has 0 spiro atoms. The Morgan fingerprint density at radius 2 is 2.11 bits per heavy atom. The van der Waals surface area contributed by atoms with Crippen LogP contribution in [0.15, 0.2) is 11.2 Å². The minimum Gasteiger partial charge on any atom is -0.370 e. The topological polar surface area (TPSA) is 54.5 Å². The van der Waals surface area contributed by atoms with Crippen molar-refractivity contribution in [3.05, 3.63) is 16.1 Å². The van der Waals surface area contributed by atoms with Gasteiger partial charge in [-0.2, -0.15) is 0 Å². The van der Waals surface area contributed by atoms with Gasteiger partial charge < -0.3 is 10.6 Å². The fourth-order valence-electron chi connectivity index (χ4n) is 1.56. The Hall–Kier alpha value is -0.370. The SMILES string of the molecule is CCN(CC)C(N)=NCC(C)c1ncc(C)s1.I. The summed E-state index contributed by atoms with van der Waals surface area (Å²) < 4.78 is 0. The standard InChI is InChI=1S/C12H22N4S.HI/c1-5-16(6-2)12(13)15-7-9(3)11-14-8-10(4)17-11;/h8-9H,5-7H2,1-4H3,(H2,13,15);1H. The van der Waals surface area contributed by atoms with Crippen LogP contribution in [0.1, 0.15) is 36.6 Å². The van der Waals surface area contributed by atoms with E-state index in [9.17, 15) is 0 Å². The molecule has 0 aromatic carbocycles. The molecule has 1 rings (SSSR count). The number of aromatic nitrogens is 1. The van der Waals surface area contributed by atoms with Gasteiger partial charge in [0.05, 0.1) is 11.6 Å². The van der Waals surface area contributed by atoms with Gasteiger partial charge in [-0.15, -0.1) is 35.3 Å². The van der Waals surface area contributed by atoms with Crippen LogP contribution in [0.4, 0.5) is 0 Å². The molecule has 1 atom stereocenters. The maximum Gasteiger partial charge on any atom is 0.191 e. The molecule has 0 saturated heterocycles. The molecule has 0 fully saturated rings. The van der Waals surface area contributed by atoms with Crippen molar-refractivity contribution in [2.45, 2.75) is 33.6 Å². The zero-order valence-electron chi connectivity index (χ0n) is 11.5. The van der Waals surface area contributed by atoms with E-state index in [0.29, 0.717) is 18.4 Å². The van der Waals surface area contributed by atoms with Gasteiger partial charge in [0.1, 0.15) is 0 Å². The van der Waals surface area contributed by atoms with Crippen molar-refractivity contribution in [3.8, 4) is 0 Å². The van der Waals surface area contributed by atoms with Crippen LogP contribution in [0.2, 0.25) is 0 Å². The van der Waals surface area contributed by atoms with Gasteiger partial charge in [0.25, 0.3) is 0 Å². The number of rotatable bonds is 5. The van der Waals surface area contributed by atoms with Crippen LogP contribution in [0.5, 0.6) is 0 Å². The predicted octanol–water partition coefficient (Wildman–Crippen LogP) is 2.83. The molecule has 1 heterocycles. The normalized spacial score (nSPS) is 13.0. The molecule has 0 aliphatic carbocycles. The molecule has 1 aromatic heterocycles. The maximum atomic E-state index is 5.93. The van der Waals surface area contributed by atoms with Gasteiger partial charge in [-0.1, -0.05) is 6.92 Å². The summed E-state index contributed by atoms with van der Waals surface area (Å²) in [5.74, 6) is 0.970. The van der Waals surface area contributed by atoms with Crippen LogP contribution >= 0.6 is 35.3 Å². The second-order valence-electron chi connectivity index (χ2n) is 4.08. The van der Waals surface area contributed by atoms with Gasteiger partial charge in [0, 0.05) is 30.1 Å². The summed E-state index contributed by atoms with van der Waals surface area (Å²) in [5, 5.41) is 1.14. The smallest absolute Gasteiger partial charge is 0.191 e. The Labute approximate surface area is 131 Å². The Morgan fingerprint density at radius 3 is 2.56 bits per heavy atom. The fourth-order valence-corrected chi connectivity index (χ4v) is 2.37. The van der Waals surface area contributed by atoms with Crippen LogP contribution in [-0.2, 0) is 0 Å². The molecule has 0 aliphatic rings. The highest BCUT2D eigenvalue weighted by Gasteiger charge is 2.10. The van der Waals surface area contributed by atoms with Crippen molar-refractivity contribution in [3.63, 3.8) is 0 Å². The molecule has 0 saturated carbocycles. The number of halogens is 1. The molecule has 4 nitrogen and oxygen atoms in total. The monoisotopic (exact) mass is 382 g/mol. The van der Waals surface area contributed by atoms with Crippen molar-refractivity contribution >= 4 is 41.3 Å². The van der Waals surface area contributed by atoms with Crippen molar-refractivity contribution in [1.82, 2.24) is 9.88 Å². The number of thiazole rings is 1. The molecule has 1 unspecified atom stereocenters. The van der Waals surface area contributed by atoms with Gasteiger partial charge in [-0.3, -0.25) is 4.99 Å². The minimum absolute atomic E-state index is 0. The van der Waals surface area contributed by atoms with E-state index in [1.54, 1.807) is 11.3 Å². The van der Waals surface area contributed by atoms with E-state index in [4.69, 9.17) is 5.73 Å². The lowest BCUT2D eigenvalue weighted by atomic mass is 10.2. The quantitative estimate of drug-likeness (QED) is 0.484. The summed E-state index contributed by atoms with van der Waals surface area (Å²) in [5.41, 5.74) is 5.93. The summed E-state index contributed by atoms with van der Waals surface area (Å²) in [4.78, 5) is 12.1. The first-order valence-electron chi connectivity index (χ1n) is 6.05. The molecule has 2 N–H and O–H groups in total. The van der Waals surface area contributed by atoms with E-state index in [1.165, 1.54) is 4.88 Å². The zero-order valence-corrected chi connectivity index (χ0v) is 14.7. The number of hydrogen-bond donors (Lipinski definition) is 1. The van der Waals surface area contributed by atoms with Gasteiger partial charge in [-0.25, -0.2) is 4.98 Å². The summed E-state index contributed by atoms with van der Waals surface area (Å²) in [6, 6.07) is 0. The first-order chi connectivity index (χ1) is 8.08. The van der Waals surface area contributed by atoms with Crippen LogP contribution < -0.4 is 5.73 Å². The van der Waals surface area contributed by atoms with Crippen LogP contribution in [0.25, 0.3) is 0 Å². The van der Waals surface area contributed by atoms with E-state index in [-0.39, 0.29) is 24.0 Å². The Morgan fingerprint density at radius 1 is 1.50 bits per heavy atom. The fraction of sp³-hybridized carbons (Fsp3) is 0.667. The highest BCUT2D eigenvalue weighted by Crippen LogP contribution is 2.21. The lowest BCUT2D eigenvalue weighted by Gasteiger charge is -2.19. The average molecular weight is 382 g/mol. The highest BCUT2D eigenvalue weighted by atomic mass is 127. The van der Waals surface area contributed by atoms with Crippen molar-refractivity contribution in [1.29, 1.82) is 0 Å². The number of nitrogens with zero attached hydrogens (tertiary/aromatic N) is 3. The molecule has 0 radical (unpaired) electrons. The average Bonchev–Trinajstić information content (AvgIpc) is 2.74. The Kier molecular flexibility index (Phi) is 8.51. The zero-order chi connectivity index (χ0) is 12.8. The molecule has 1 aromatic rings. The lowest BCUT2D eigenvalue weighted by Crippen LogP contribution is -2.37. The number of nitrogens with two attached hydrogens (primary N) is 1. The third-order valence-corrected chi connectivity index (χ3v) is 3.82. The van der Waals surface area contributed by atoms with Crippen LogP contribution in [0, 0.1) is 6.92 Å². The lowest BCUT2D eigenvalue weighted by molar-refractivity contribution is 0.457. The maximum absolute atomic E-state index is 5.93. The third-order valence-electron chi connectivity index (χ3n) is 2.68. The molecule has 18 heavy (non-hydrogen) atoms. The van der Waals surface area contributed by atoms with Crippen molar-refractivity contribution in [2.75, 3.05) is 19.6 Å². The van der Waals surface area contributed by atoms with E-state index < -0.39 is 0 Å². The van der Waals surface area contributed by atoms with Gasteiger partial charge in [-0.05, 0) is 20.8 Å². The predicted molar refractivity (Wildman–Crippen MR) is 90.1 cm³/mol. The van der Waals surface area contributed by atoms with E-state index in [0.717, 1.165) is 18.1 Å². The number of hydrogen-bond acceptors (Lipinski definition) is 3. The van der Waals surface area contributed by atoms with Crippen molar-refractivity contribution in [2.24, 2.45) is 10.7 Å². The van der Waals surface area contributed by atoms with E-state index >= 15 is 0 Å². The Bertz CT molecular complexity index is 374. The number of guanidine groups is 1. The number of aliphatic imine (C=N–C) groups is 1. The number of aryl methyl sites for hydroxylation is 1. The van der Waals surface area contributed by atoms with Gasteiger partial charge in [0.15, 0.2) is 5.96 Å². The summed E-state index contributed by atoms with van der Waals surface area (Å²) in [6.07, 6.45) is 1.91. The molecular weight excluding hydrogens is 359 g/mol. The molecule has 0 aliphatic heterocycles. The van der Waals surface area contributed by atoms with E-state index in [2.05, 4.69) is 42.6 Å².